The van der Waals surface area contributed by atoms with E-state index in [-0.39, 0.29) is 11.8 Å². The van der Waals surface area contributed by atoms with Crippen LogP contribution in [0.25, 0.3) is 0 Å². The largest absolute Gasteiger partial charge is 0.481 e. The number of nitrogens with zero attached hydrogens (tertiary/aromatic N) is 1. The molecule has 0 spiro atoms. The van der Waals surface area contributed by atoms with Crippen LogP contribution in [0.5, 0.6) is 0 Å². The summed E-state index contributed by atoms with van der Waals surface area (Å²) in [6.45, 7) is 1.49. The molecule has 1 aromatic heterocycles. The third-order valence-corrected chi connectivity index (χ3v) is 5.69. The van der Waals surface area contributed by atoms with E-state index in [2.05, 4.69) is 5.32 Å². The third kappa shape index (κ3) is 3.92. The zero-order chi connectivity index (χ0) is 17.8. The molecule has 2 heterocycles. The lowest BCUT2D eigenvalue weighted by atomic mass is 9.82. The molecule has 0 bridgehead atoms. The van der Waals surface area contributed by atoms with Crippen LogP contribution in [0.2, 0.25) is 0 Å². The Bertz CT molecular complexity index is 691. The van der Waals surface area contributed by atoms with Crippen molar-refractivity contribution in [2.45, 2.75) is 32.1 Å². The first-order valence-electron chi connectivity index (χ1n) is 8.63. The number of aliphatic carboxylic acids is 1. The van der Waals surface area contributed by atoms with Gasteiger partial charge in [0.15, 0.2) is 0 Å². The van der Waals surface area contributed by atoms with Gasteiger partial charge < -0.3 is 15.3 Å². The summed E-state index contributed by atoms with van der Waals surface area (Å²) in [5.41, 5.74) is 0.499. The minimum Gasteiger partial charge on any atom is -0.481 e. The van der Waals surface area contributed by atoms with Gasteiger partial charge in [0.05, 0.1) is 17.4 Å². The van der Waals surface area contributed by atoms with Gasteiger partial charge in [-0.05, 0) is 43.6 Å². The lowest BCUT2D eigenvalue weighted by Gasteiger charge is -2.27. The van der Waals surface area contributed by atoms with Crippen LogP contribution in [-0.4, -0.2) is 40.9 Å². The summed E-state index contributed by atoms with van der Waals surface area (Å²) < 4.78 is 0. The Hall–Kier alpha value is -2.15. The number of rotatable bonds is 4. The third-order valence-electron chi connectivity index (χ3n) is 4.86. The number of carboxylic acid groups (broad SMARTS) is 1. The maximum atomic E-state index is 12.7. The van der Waals surface area contributed by atoms with Crippen LogP contribution in [-0.2, 0) is 9.59 Å². The number of nitrogens with one attached hydrogen (secondary N) is 1. The highest BCUT2D eigenvalue weighted by Crippen LogP contribution is 2.30. The highest BCUT2D eigenvalue weighted by Gasteiger charge is 2.34. The molecule has 2 amide bonds. The van der Waals surface area contributed by atoms with Crippen molar-refractivity contribution in [1.29, 1.82) is 0 Å². The predicted octanol–water partition coefficient (Wildman–Crippen LogP) is 2.98. The van der Waals surface area contributed by atoms with E-state index >= 15 is 0 Å². The molecule has 1 aromatic rings. The first-order chi connectivity index (χ1) is 12.1. The molecule has 2 aliphatic rings. The predicted molar refractivity (Wildman–Crippen MR) is 95.7 cm³/mol. The van der Waals surface area contributed by atoms with E-state index in [0.717, 1.165) is 32.4 Å². The van der Waals surface area contributed by atoms with Crippen molar-refractivity contribution in [3.05, 3.63) is 29.2 Å². The van der Waals surface area contributed by atoms with Crippen LogP contribution >= 0.6 is 11.3 Å². The summed E-state index contributed by atoms with van der Waals surface area (Å²) in [6, 6.07) is 1.73. The molecule has 7 heteroatoms. The number of piperidine rings is 1. The molecular weight excluding hydrogens is 340 g/mol. The smallest absolute Gasteiger partial charge is 0.307 e. The lowest BCUT2D eigenvalue weighted by molar-refractivity contribution is -0.146. The zero-order valence-corrected chi connectivity index (χ0v) is 14.8. The van der Waals surface area contributed by atoms with Gasteiger partial charge >= 0.3 is 5.97 Å². The number of carbonyl (C=O) groups excluding carboxylic acids is 2. The molecule has 1 saturated heterocycles. The van der Waals surface area contributed by atoms with Gasteiger partial charge in [-0.3, -0.25) is 14.4 Å². The van der Waals surface area contributed by atoms with Gasteiger partial charge in [0.25, 0.3) is 5.91 Å². The van der Waals surface area contributed by atoms with Gasteiger partial charge in [-0.1, -0.05) is 12.2 Å². The maximum absolute atomic E-state index is 12.7. The average molecular weight is 362 g/mol. The van der Waals surface area contributed by atoms with Crippen LogP contribution in [0.4, 0.5) is 5.00 Å². The lowest BCUT2D eigenvalue weighted by Crippen LogP contribution is -2.37. The topological polar surface area (TPSA) is 86.7 Å². The second-order valence-corrected chi connectivity index (χ2v) is 7.42. The van der Waals surface area contributed by atoms with Gasteiger partial charge in [0.1, 0.15) is 5.00 Å². The van der Waals surface area contributed by atoms with Crippen molar-refractivity contribution in [3.63, 3.8) is 0 Å². The molecule has 134 valence electrons. The maximum Gasteiger partial charge on any atom is 0.307 e. The molecule has 1 aliphatic heterocycles. The number of thiophene rings is 1. The molecule has 3 rings (SSSR count). The van der Waals surface area contributed by atoms with Crippen molar-refractivity contribution in [1.82, 2.24) is 4.90 Å². The number of hydrogen-bond donors (Lipinski definition) is 2. The molecule has 0 aromatic carbocycles. The summed E-state index contributed by atoms with van der Waals surface area (Å²) in [7, 11) is 0. The summed E-state index contributed by atoms with van der Waals surface area (Å²) >= 11 is 1.30. The number of carboxylic acids is 1. The van der Waals surface area contributed by atoms with E-state index in [9.17, 15) is 19.5 Å². The van der Waals surface area contributed by atoms with Crippen LogP contribution in [0.15, 0.2) is 23.6 Å². The molecule has 2 N–H and O–H groups in total. The van der Waals surface area contributed by atoms with Crippen LogP contribution in [0.1, 0.15) is 42.5 Å². The standard InChI is InChI=1S/C18H22N2O4S/c21-15(12-6-2-3-7-13(12)18(23)24)19-16-14(8-11-25-16)17(22)20-9-4-1-5-10-20/h2-3,8,11-13H,1,4-7,9-10H2,(H,19,21)(H,23,24). The van der Waals surface area contributed by atoms with Crippen molar-refractivity contribution in [2.75, 3.05) is 18.4 Å². The van der Waals surface area contributed by atoms with Gasteiger partial charge in [-0.15, -0.1) is 11.3 Å². The Morgan fingerprint density at radius 3 is 2.44 bits per heavy atom. The van der Waals surface area contributed by atoms with Crippen LogP contribution < -0.4 is 5.32 Å². The fourth-order valence-electron chi connectivity index (χ4n) is 3.42. The number of hydrogen-bond acceptors (Lipinski definition) is 4. The van der Waals surface area contributed by atoms with E-state index in [4.69, 9.17) is 0 Å². The number of carbonyl (C=O) groups is 3. The minimum atomic E-state index is -0.958. The van der Waals surface area contributed by atoms with Gasteiger partial charge in [-0.2, -0.15) is 0 Å². The summed E-state index contributed by atoms with van der Waals surface area (Å²) in [5, 5.41) is 14.4. The SMILES string of the molecule is O=C(O)C1CC=CCC1C(=O)Nc1sccc1C(=O)N1CCCCC1. The highest BCUT2D eigenvalue weighted by atomic mass is 32.1. The molecule has 1 fully saturated rings. The van der Waals surface area contributed by atoms with Crippen LogP contribution in [0, 0.1) is 11.8 Å². The first-order valence-corrected chi connectivity index (χ1v) is 9.51. The summed E-state index contributed by atoms with van der Waals surface area (Å²) in [6.07, 6.45) is 7.57. The Labute approximate surface area is 150 Å². The Morgan fingerprint density at radius 1 is 1.08 bits per heavy atom. The number of allylic oxidation sites excluding steroid dienone is 2. The van der Waals surface area contributed by atoms with E-state index in [0.29, 0.717) is 23.4 Å². The second kappa shape index (κ2) is 7.82. The fourth-order valence-corrected chi connectivity index (χ4v) is 4.21. The summed E-state index contributed by atoms with van der Waals surface area (Å²) in [5.74, 6) is -2.67. The molecule has 6 nitrogen and oxygen atoms in total. The van der Waals surface area contributed by atoms with Crippen LogP contribution in [0.3, 0.4) is 0 Å². The quantitative estimate of drug-likeness (QED) is 0.806. The number of anilines is 1. The number of amides is 2. The van der Waals surface area contributed by atoms with Gasteiger partial charge in [0.2, 0.25) is 5.91 Å². The van der Waals surface area contributed by atoms with Crippen molar-refractivity contribution < 1.29 is 19.5 Å². The molecular formula is C18H22N2O4S. The monoisotopic (exact) mass is 362 g/mol. The van der Waals surface area contributed by atoms with Crippen molar-refractivity contribution >= 4 is 34.1 Å². The van der Waals surface area contributed by atoms with Crippen molar-refractivity contribution in [2.24, 2.45) is 11.8 Å². The van der Waals surface area contributed by atoms with Gasteiger partial charge in [-0.25, -0.2) is 0 Å². The minimum absolute atomic E-state index is 0.0606. The molecule has 0 saturated carbocycles. The zero-order valence-electron chi connectivity index (χ0n) is 13.9. The molecule has 2 atom stereocenters. The average Bonchev–Trinajstić information content (AvgIpc) is 3.09. The molecule has 2 unspecified atom stereocenters. The van der Waals surface area contributed by atoms with Gasteiger partial charge in [0, 0.05) is 13.1 Å². The van der Waals surface area contributed by atoms with E-state index < -0.39 is 17.8 Å². The van der Waals surface area contributed by atoms with E-state index in [1.807, 2.05) is 11.0 Å². The second-order valence-electron chi connectivity index (χ2n) is 6.50. The fraction of sp³-hybridized carbons (Fsp3) is 0.500. The number of likely N-dealkylation sites (tertiary alicyclic amines) is 1. The Kier molecular flexibility index (Phi) is 5.53. The first kappa shape index (κ1) is 17.7. The molecule has 0 radical (unpaired) electrons. The summed E-state index contributed by atoms with van der Waals surface area (Å²) in [4.78, 5) is 38.5. The normalized spacial score (nSPS) is 23.3. The Morgan fingerprint density at radius 2 is 1.76 bits per heavy atom. The highest BCUT2D eigenvalue weighted by molar-refractivity contribution is 7.14. The van der Waals surface area contributed by atoms with E-state index in [1.54, 1.807) is 17.5 Å². The molecule has 25 heavy (non-hydrogen) atoms. The van der Waals surface area contributed by atoms with E-state index in [1.165, 1.54) is 11.3 Å². The molecule has 1 aliphatic carbocycles. The van der Waals surface area contributed by atoms with Crippen molar-refractivity contribution in [3.8, 4) is 0 Å². The Balaban J connectivity index is 1.72.